The van der Waals surface area contributed by atoms with E-state index >= 15 is 0 Å². The Balaban J connectivity index is 4.38. The molecule has 100 valence electrons. The van der Waals surface area contributed by atoms with Gasteiger partial charge in [0.2, 0.25) is 0 Å². The number of carbonyl (C=O) groups is 1. The Morgan fingerprint density at radius 2 is 1.94 bits per heavy atom. The number of esters is 1. The van der Waals surface area contributed by atoms with Crippen LogP contribution >= 0.6 is 0 Å². The summed E-state index contributed by atoms with van der Waals surface area (Å²) in [7, 11) is 0. The van der Waals surface area contributed by atoms with Crippen LogP contribution in [0.2, 0.25) is 0 Å². The molecule has 2 unspecified atom stereocenters. The largest absolute Gasteiger partial charge is 0.460 e. The van der Waals surface area contributed by atoms with Gasteiger partial charge in [0.15, 0.2) is 0 Å². The Morgan fingerprint density at radius 1 is 1.35 bits per heavy atom. The van der Waals surface area contributed by atoms with Gasteiger partial charge in [-0.2, -0.15) is 0 Å². The maximum Gasteiger partial charge on any atom is 0.336 e. The molecule has 0 spiro atoms. The maximum absolute atomic E-state index is 11.6. The molecule has 0 aliphatic carbocycles. The molecule has 0 aromatic carbocycles. The van der Waals surface area contributed by atoms with Crippen molar-refractivity contribution in [2.24, 2.45) is 5.92 Å². The van der Waals surface area contributed by atoms with Crippen LogP contribution in [0.3, 0.4) is 0 Å². The van der Waals surface area contributed by atoms with Crippen molar-refractivity contribution in [3.05, 3.63) is 12.2 Å². The average Bonchev–Trinajstić information content (AvgIpc) is 2.27. The molecule has 17 heavy (non-hydrogen) atoms. The first kappa shape index (κ1) is 16.2. The van der Waals surface area contributed by atoms with E-state index in [-0.39, 0.29) is 17.6 Å². The summed E-state index contributed by atoms with van der Waals surface area (Å²) in [5, 5.41) is 10.1. The van der Waals surface area contributed by atoms with Gasteiger partial charge in [-0.1, -0.05) is 39.7 Å². The highest BCUT2D eigenvalue weighted by atomic mass is 16.5. The molecule has 3 heteroatoms. The fourth-order valence-corrected chi connectivity index (χ4v) is 1.75. The van der Waals surface area contributed by atoms with E-state index in [0.29, 0.717) is 0 Å². The summed E-state index contributed by atoms with van der Waals surface area (Å²) in [6.45, 7) is 11.4. The SMILES string of the molecule is C=C(C(=O)OC(C)C)C(O)C(CC)CCCC. The lowest BCUT2D eigenvalue weighted by molar-refractivity contribution is -0.144. The van der Waals surface area contributed by atoms with Crippen LogP contribution in [0.15, 0.2) is 12.2 Å². The average molecular weight is 242 g/mol. The number of hydrogen-bond acceptors (Lipinski definition) is 3. The summed E-state index contributed by atoms with van der Waals surface area (Å²) < 4.78 is 5.03. The summed E-state index contributed by atoms with van der Waals surface area (Å²) in [5.41, 5.74) is 0.182. The maximum atomic E-state index is 11.6. The molecule has 0 rings (SSSR count). The molecule has 0 saturated carbocycles. The first-order chi connectivity index (χ1) is 7.93. The molecule has 3 nitrogen and oxygen atoms in total. The van der Waals surface area contributed by atoms with E-state index < -0.39 is 12.1 Å². The van der Waals surface area contributed by atoms with Crippen molar-refractivity contribution in [2.45, 2.75) is 65.6 Å². The van der Waals surface area contributed by atoms with Gasteiger partial charge < -0.3 is 9.84 Å². The van der Waals surface area contributed by atoms with Gasteiger partial charge in [0, 0.05) is 0 Å². The van der Waals surface area contributed by atoms with E-state index in [1.165, 1.54) is 0 Å². The normalized spacial score (nSPS) is 14.5. The number of rotatable bonds is 8. The molecule has 0 radical (unpaired) electrons. The third kappa shape index (κ3) is 5.87. The second kappa shape index (κ2) is 8.29. The van der Waals surface area contributed by atoms with Crippen LogP contribution in [0.5, 0.6) is 0 Å². The third-order valence-corrected chi connectivity index (χ3v) is 2.86. The van der Waals surface area contributed by atoms with Gasteiger partial charge >= 0.3 is 5.97 Å². The monoisotopic (exact) mass is 242 g/mol. The summed E-state index contributed by atoms with van der Waals surface area (Å²) in [6.07, 6.45) is 2.95. The van der Waals surface area contributed by atoms with E-state index in [9.17, 15) is 9.90 Å². The van der Waals surface area contributed by atoms with E-state index in [1.54, 1.807) is 13.8 Å². The highest BCUT2D eigenvalue weighted by molar-refractivity contribution is 5.88. The van der Waals surface area contributed by atoms with Crippen molar-refractivity contribution < 1.29 is 14.6 Å². The second-order valence-electron chi connectivity index (χ2n) is 4.73. The summed E-state index contributed by atoms with van der Waals surface area (Å²) in [5.74, 6) is -0.385. The third-order valence-electron chi connectivity index (χ3n) is 2.86. The predicted octanol–water partition coefficient (Wildman–Crippen LogP) is 3.07. The quantitative estimate of drug-likeness (QED) is 0.525. The van der Waals surface area contributed by atoms with Crippen LogP contribution in [0, 0.1) is 5.92 Å². The van der Waals surface area contributed by atoms with E-state index in [2.05, 4.69) is 13.5 Å². The van der Waals surface area contributed by atoms with Gasteiger partial charge in [0.25, 0.3) is 0 Å². The summed E-state index contributed by atoms with van der Waals surface area (Å²) in [6, 6.07) is 0. The Hall–Kier alpha value is -0.830. The molecule has 0 amide bonds. The Morgan fingerprint density at radius 3 is 2.35 bits per heavy atom. The van der Waals surface area contributed by atoms with Crippen LogP contribution in [0.25, 0.3) is 0 Å². The summed E-state index contributed by atoms with van der Waals surface area (Å²) >= 11 is 0. The molecular formula is C14H26O3. The van der Waals surface area contributed by atoms with E-state index in [4.69, 9.17) is 4.74 Å². The van der Waals surface area contributed by atoms with Crippen molar-refractivity contribution in [3.8, 4) is 0 Å². The molecule has 0 saturated heterocycles. The molecule has 2 atom stereocenters. The van der Waals surface area contributed by atoms with E-state index in [0.717, 1.165) is 25.7 Å². The van der Waals surface area contributed by atoms with Gasteiger partial charge in [0.1, 0.15) is 0 Å². The molecule has 0 bridgehead atoms. The molecular weight excluding hydrogens is 216 g/mol. The van der Waals surface area contributed by atoms with Crippen molar-refractivity contribution >= 4 is 5.97 Å². The minimum Gasteiger partial charge on any atom is -0.460 e. The fourth-order valence-electron chi connectivity index (χ4n) is 1.75. The standard InChI is InChI=1S/C14H26O3/c1-6-8-9-12(7-2)13(15)11(5)14(16)17-10(3)4/h10,12-13,15H,5-9H2,1-4H3. The van der Waals surface area contributed by atoms with E-state index in [1.807, 2.05) is 6.92 Å². The molecule has 0 aliphatic heterocycles. The topological polar surface area (TPSA) is 46.5 Å². The highest BCUT2D eigenvalue weighted by Crippen LogP contribution is 2.22. The zero-order chi connectivity index (χ0) is 13.4. The van der Waals surface area contributed by atoms with Gasteiger partial charge in [-0.05, 0) is 26.2 Å². The smallest absolute Gasteiger partial charge is 0.336 e. The van der Waals surface area contributed by atoms with Crippen LogP contribution < -0.4 is 0 Å². The number of hydrogen-bond donors (Lipinski definition) is 1. The number of carbonyl (C=O) groups excluding carboxylic acids is 1. The number of unbranched alkanes of at least 4 members (excludes halogenated alkanes) is 1. The van der Waals surface area contributed by atoms with Crippen molar-refractivity contribution in [1.29, 1.82) is 0 Å². The van der Waals surface area contributed by atoms with Crippen LogP contribution in [-0.4, -0.2) is 23.3 Å². The van der Waals surface area contributed by atoms with Gasteiger partial charge in [-0.25, -0.2) is 4.79 Å². The Kier molecular flexibility index (Phi) is 7.88. The van der Waals surface area contributed by atoms with Crippen LogP contribution in [0.4, 0.5) is 0 Å². The lowest BCUT2D eigenvalue weighted by atomic mass is 9.89. The first-order valence-corrected chi connectivity index (χ1v) is 6.51. The van der Waals surface area contributed by atoms with Crippen molar-refractivity contribution in [2.75, 3.05) is 0 Å². The fraction of sp³-hybridized carbons (Fsp3) is 0.786. The van der Waals surface area contributed by atoms with Crippen LogP contribution in [-0.2, 0) is 9.53 Å². The lowest BCUT2D eigenvalue weighted by Gasteiger charge is -2.23. The Bertz CT molecular complexity index is 246. The molecule has 0 fully saturated rings. The molecule has 0 heterocycles. The number of aliphatic hydroxyl groups excluding tert-OH is 1. The predicted molar refractivity (Wildman–Crippen MR) is 69.7 cm³/mol. The van der Waals surface area contributed by atoms with Crippen molar-refractivity contribution in [3.63, 3.8) is 0 Å². The second-order valence-corrected chi connectivity index (χ2v) is 4.73. The zero-order valence-electron chi connectivity index (χ0n) is 11.5. The van der Waals surface area contributed by atoms with Crippen LogP contribution in [0.1, 0.15) is 53.4 Å². The number of ether oxygens (including phenoxy) is 1. The number of aliphatic hydroxyl groups is 1. The molecule has 1 N–H and O–H groups in total. The summed E-state index contributed by atoms with van der Waals surface area (Å²) in [4.78, 5) is 11.6. The lowest BCUT2D eigenvalue weighted by Crippen LogP contribution is -2.28. The van der Waals surface area contributed by atoms with Gasteiger partial charge in [-0.3, -0.25) is 0 Å². The van der Waals surface area contributed by atoms with Gasteiger partial charge in [0.05, 0.1) is 17.8 Å². The minimum absolute atomic E-state index is 0.0992. The highest BCUT2D eigenvalue weighted by Gasteiger charge is 2.25. The zero-order valence-corrected chi connectivity index (χ0v) is 11.5. The van der Waals surface area contributed by atoms with Gasteiger partial charge in [-0.15, -0.1) is 0 Å². The molecule has 0 aliphatic rings. The first-order valence-electron chi connectivity index (χ1n) is 6.51. The Labute approximate surface area is 105 Å². The van der Waals surface area contributed by atoms with Crippen molar-refractivity contribution in [1.82, 2.24) is 0 Å². The molecule has 0 aromatic rings. The minimum atomic E-state index is -0.780. The molecule has 0 aromatic heterocycles.